The van der Waals surface area contributed by atoms with E-state index in [1.807, 2.05) is 27.7 Å². The summed E-state index contributed by atoms with van der Waals surface area (Å²) in [6.07, 6.45) is 6.31. The van der Waals surface area contributed by atoms with Crippen molar-refractivity contribution in [3.05, 3.63) is 5.76 Å². The summed E-state index contributed by atoms with van der Waals surface area (Å²) in [5, 5.41) is 13.1. The van der Waals surface area contributed by atoms with E-state index in [1.54, 1.807) is 0 Å². The Balaban J connectivity index is 1.42. The third kappa shape index (κ3) is 5.82. The molecule has 34 heavy (non-hydrogen) atoms. The molecule has 0 saturated heterocycles. The van der Waals surface area contributed by atoms with Crippen LogP contribution in [0.3, 0.4) is 0 Å². The fourth-order valence-corrected chi connectivity index (χ4v) is 6.95. The Kier molecular flexibility index (Phi) is 7.66. The molecule has 1 heterocycles. The highest BCUT2D eigenvalue weighted by atomic mass is 32.2. The van der Waals surface area contributed by atoms with E-state index in [-0.39, 0.29) is 41.5 Å². The van der Waals surface area contributed by atoms with Gasteiger partial charge in [0.1, 0.15) is 11.5 Å². The lowest BCUT2D eigenvalue weighted by Crippen LogP contribution is -2.55. The molecule has 0 aliphatic heterocycles. The largest absolute Gasteiger partial charge is 0.472 e. The van der Waals surface area contributed by atoms with Crippen molar-refractivity contribution in [3.8, 4) is 5.88 Å². The van der Waals surface area contributed by atoms with E-state index in [9.17, 15) is 9.59 Å². The van der Waals surface area contributed by atoms with Crippen molar-refractivity contribution in [1.82, 2.24) is 21.1 Å². The number of ether oxygens (including phenoxy) is 1. The SMILES string of the molecule is CC(C)Sc1c(OCC(C)(C)NC(=O)NCCN)noc1C(=O)NC1C2CC3CC(C2)CC1C3. The summed E-state index contributed by atoms with van der Waals surface area (Å²) in [5.74, 6) is 3.15. The number of rotatable bonds is 10. The Hall–Kier alpha value is -1.94. The van der Waals surface area contributed by atoms with Crippen LogP contribution in [0.2, 0.25) is 0 Å². The minimum absolute atomic E-state index is 0.165. The van der Waals surface area contributed by atoms with Gasteiger partial charge in [-0.2, -0.15) is 0 Å². The Morgan fingerprint density at radius 2 is 1.82 bits per heavy atom. The first-order chi connectivity index (χ1) is 16.1. The van der Waals surface area contributed by atoms with Gasteiger partial charge in [0.15, 0.2) is 0 Å². The van der Waals surface area contributed by atoms with Gasteiger partial charge in [0, 0.05) is 24.4 Å². The third-order valence-corrected chi connectivity index (χ3v) is 8.22. The maximum atomic E-state index is 13.3. The van der Waals surface area contributed by atoms with Gasteiger partial charge in [-0.25, -0.2) is 4.79 Å². The molecular weight excluding hydrogens is 454 g/mol. The molecule has 0 spiro atoms. The average Bonchev–Trinajstić information content (AvgIpc) is 3.14. The number of nitrogens with zero attached hydrogens (tertiary/aromatic N) is 1. The summed E-state index contributed by atoms with van der Waals surface area (Å²) >= 11 is 1.50. The minimum Gasteiger partial charge on any atom is -0.472 e. The lowest BCUT2D eigenvalue weighted by atomic mass is 9.54. The van der Waals surface area contributed by atoms with Gasteiger partial charge in [-0.3, -0.25) is 4.79 Å². The number of carbonyl (C=O) groups is 2. The average molecular weight is 494 g/mol. The third-order valence-electron chi connectivity index (χ3n) is 7.16. The van der Waals surface area contributed by atoms with Crippen molar-refractivity contribution in [2.75, 3.05) is 19.7 Å². The van der Waals surface area contributed by atoms with Gasteiger partial charge in [-0.15, -0.1) is 11.8 Å². The van der Waals surface area contributed by atoms with E-state index in [2.05, 4.69) is 21.1 Å². The van der Waals surface area contributed by atoms with Crippen LogP contribution in [0.5, 0.6) is 5.88 Å². The highest BCUT2D eigenvalue weighted by molar-refractivity contribution is 8.00. The highest BCUT2D eigenvalue weighted by Crippen LogP contribution is 2.53. The van der Waals surface area contributed by atoms with Crippen LogP contribution in [-0.2, 0) is 0 Å². The molecule has 4 bridgehead atoms. The van der Waals surface area contributed by atoms with E-state index in [1.165, 1.54) is 43.9 Å². The molecule has 1 aromatic heterocycles. The maximum Gasteiger partial charge on any atom is 0.315 e. The van der Waals surface area contributed by atoms with Gasteiger partial charge in [-0.1, -0.05) is 13.8 Å². The van der Waals surface area contributed by atoms with Crippen LogP contribution in [0.4, 0.5) is 4.79 Å². The molecule has 1 aromatic rings. The van der Waals surface area contributed by atoms with Crippen molar-refractivity contribution in [1.29, 1.82) is 0 Å². The van der Waals surface area contributed by atoms with Gasteiger partial charge < -0.3 is 30.9 Å². The molecule has 0 aromatic carbocycles. The van der Waals surface area contributed by atoms with E-state index in [0.717, 1.165) is 11.8 Å². The Morgan fingerprint density at radius 1 is 1.18 bits per heavy atom. The zero-order valence-corrected chi connectivity index (χ0v) is 21.5. The predicted octanol–water partition coefficient (Wildman–Crippen LogP) is 3.14. The van der Waals surface area contributed by atoms with E-state index < -0.39 is 5.54 Å². The molecule has 4 saturated carbocycles. The molecule has 5 N–H and O–H groups in total. The smallest absolute Gasteiger partial charge is 0.315 e. The molecule has 0 atom stereocenters. The number of amides is 3. The molecule has 0 radical (unpaired) electrons. The van der Waals surface area contributed by atoms with Crippen LogP contribution in [-0.4, -0.2) is 53.6 Å². The van der Waals surface area contributed by atoms with Crippen molar-refractivity contribution in [3.63, 3.8) is 0 Å². The van der Waals surface area contributed by atoms with Crippen LogP contribution >= 0.6 is 11.8 Å². The quantitative estimate of drug-likeness (QED) is 0.368. The van der Waals surface area contributed by atoms with Crippen molar-refractivity contribution >= 4 is 23.7 Å². The first-order valence-corrected chi connectivity index (χ1v) is 13.4. The second-order valence-corrected chi connectivity index (χ2v) is 12.7. The van der Waals surface area contributed by atoms with Crippen LogP contribution in [0.15, 0.2) is 9.42 Å². The fraction of sp³-hybridized carbons (Fsp3) is 0.792. The molecule has 4 aliphatic rings. The van der Waals surface area contributed by atoms with E-state index >= 15 is 0 Å². The van der Waals surface area contributed by atoms with Crippen molar-refractivity contribution in [2.45, 2.75) is 81.5 Å². The van der Waals surface area contributed by atoms with Crippen LogP contribution in [0.1, 0.15) is 70.4 Å². The lowest BCUT2D eigenvalue weighted by Gasteiger charge is -2.54. The van der Waals surface area contributed by atoms with E-state index in [0.29, 0.717) is 29.8 Å². The fourth-order valence-electron chi connectivity index (χ4n) is 6.04. The molecule has 10 heteroatoms. The van der Waals surface area contributed by atoms with Gasteiger partial charge in [0.25, 0.3) is 11.8 Å². The Bertz CT molecular complexity index is 859. The summed E-state index contributed by atoms with van der Waals surface area (Å²) in [6, 6.07) is -0.0893. The zero-order valence-electron chi connectivity index (χ0n) is 20.7. The molecular formula is C24H39N5O4S. The van der Waals surface area contributed by atoms with Gasteiger partial charge in [-0.05, 0) is 74.8 Å². The van der Waals surface area contributed by atoms with Crippen LogP contribution in [0.25, 0.3) is 0 Å². The summed E-state index contributed by atoms with van der Waals surface area (Å²) in [6.45, 7) is 8.73. The number of hydrogen-bond acceptors (Lipinski definition) is 7. The predicted molar refractivity (Wildman–Crippen MR) is 131 cm³/mol. The highest BCUT2D eigenvalue weighted by Gasteiger charge is 2.49. The number of thioether (sulfide) groups is 1. The summed E-state index contributed by atoms with van der Waals surface area (Å²) in [5.41, 5.74) is 4.76. The number of hydrogen-bond donors (Lipinski definition) is 4. The molecule has 190 valence electrons. The normalized spacial score (nSPS) is 27.6. The first-order valence-electron chi connectivity index (χ1n) is 12.5. The zero-order chi connectivity index (χ0) is 24.5. The molecule has 9 nitrogen and oxygen atoms in total. The number of carbonyl (C=O) groups excluding carboxylic acids is 2. The molecule has 5 rings (SSSR count). The molecule has 3 amide bonds. The van der Waals surface area contributed by atoms with Crippen molar-refractivity contribution in [2.24, 2.45) is 29.4 Å². The van der Waals surface area contributed by atoms with Gasteiger partial charge in [0.05, 0.1) is 5.54 Å². The second kappa shape index (κ2) is 10.4. The monoisotopic (exact) mass is 493 g/mol. The number of nitrogens with two attached hydrogens (primary N) is 1. The van der Waals surface area contributed by atoms with Crippen molar-refractivity contribution < 1.29 is 18.8 Å². The first kappa shape index (κ1) is 25.2. The summed E-state index contributed by atoms with van der Waals surface area (Å²) in [7, 11) is 0. The Labute approximate surface area is 206 Å². The summed E-state index contributed by atoms with van der Waals surface area (Å²) in [4.78, 5) is 25.9. The number of aromatic nitrogens is 1. The molecule has 4 aliphatic carbocycles. The summed E-state index contributed by atoms with van der Waals surface area (Å²) < 4.78 is 11.5. The topological polar surface area (TPSA) is 132 Å². The second-order valence-electron chi connectivity index (χ2n) is 11.1. The Morgan fingerprint density at radius 3 is 2.41 bits per heavy atom. The molecule has 0 unspecified atom stereocenters. The standard InChI is InChI=1S/C24H39N5O4S/c1-13(2)34-20-19(21(30)27-18-16-8-14-7-15(10-16)11-17(18)9-14)33-29-22(20)32-12-24(3,4)28-23(31)26-6-5-25/h13-18H,5-12,25H2,1-4H3,(H,27,30)(H2,26,28,31). The van der Waals surface area contributed by atoms with Gasteiger partial charge in [0.2, 0.25) is 5.76 Å². The van der Waals surface area contributed by atoms with Gasteiger partial charge >= 0.3 is 6.03 Å². The number of nitrogens with one attached hydrogen (secondary N) is 3. The minimum atomic E-state index is -0.666. The molecule has 4 fully saturated rings. The lowest BCUT2D eigenvalue weighted by molar-refractivity contribution is -0.0124. The van der Waals surface area contributed by atoms with Crippen LogP contribution in [0, 0.1) is 23.7 Å². The van der Waals surface area contributed by atoms with Crippen LogP contribution < -0.4 is 26.4 Å². The number of urea groups is 1. The van der Waals surface area contributed by atoms with E-state index in [4.69, 9.17) is 15.0 Å². The maximum absolute atomic E-state index is 13.3.